The lowest BCUT2D eigenvalue weighted by Gasteiger charge is -2.19. The summed E-state index contributed by atoms with van der Waals surface area (Å²) in [6.45, 7) is 1.83. The number of carboxylic acid groups (broad SMARTS) is 1. The number of carboxylic acids is 1. The quantitative estimate of drug-likeness (QED) is 0.568. The summed E-state index contributed by atoms with van der Waals surface area (Å²) in [7, 11) is 0. The zero-order chi connectivity index (χ0) is 19.6. The van der Waals surface area contributed by atoms with E-state index in [0.717, 1.165) is 11.1 Å². The number of nitrogens with one attached hydrogen (secondary N) is 3. The van der Waals surface area contributed by atoms with Crippen LogP contribution in [-0.4, -0.2) is 35.1 Å². The molecule has 4 N–H and O–H groups in total. The number of rotatable bonds is 8. The van der Waals surface area contributed by atoms with Crippen molar-refractivity contribution in [2.24, 2.45) is 0 Å². The number of carbonyl (C=O) groups excluding carboxylic acids is 2. The van der Waals surface area contributed by atoms with Crippen molar-refractivity contribution in [2.45, 2.75) is 32.0 Å². The van der Waals surface area contributed by atoms with Gasteiger partial charge in [0.2, 0.25) is 5.91 Å². The molecule has 2 rings (SSSR count). The molecule has 2 aromatic carbocycles. The summed E-state index contributed by atoms with van der Waals surface area (Å²) in [5.74, 6) is -1.69. The fourth-order valence-electron chi connectivity index (χ4n) is 2.44. The molecule has 0 spiro atoms. The van der Waals surface area contributed by atoms with Gasteiger partial charge >= 0.3 is 12.0 Å². The van der Waals surface area contributed by atoms with Crippen LogP contribution in [0.3, 0.4) is 0 Å². The molecule has 0 heterocycles. The van der Waals surface area contributed by atoms with Gasteiger partial charge in [-0.1, -0.05) is 60.7 Å². The Kier molecular flexibility index (Phi) is 7.37. The van der Waals surface area contributed by atoms with Crippen molar-refractivity contribution < 1.29 is 19.5 Å². The molecule has 0 fully saturated rings. The molecule has 0 unspecified atom stereocenters. The molecule has 3 amide bonds. The zero-order valence-electron chi connectivity index (χ0n) is 15.0. The van der Waals surface area contributed by atoms with Crippen LogP contribution in [0.15, 0.2) is 60.7 Å². The van der Waals surface area contributed by atoms with Crippen LogP contribution in [0, 0.1) is 0 Å². The first-order valence-electron chi connectivity index (χ1n) is 8.61. The van der Waals surface area contributed by atoms with Crippen LogP contribution < -0.4 is 16.0 Å². The number of benzene rings is 2. The normalized spacial score (nSPS) is 12.5. The molecule has 0 radical (unpaired) electrons. The first-order valence-corrected chi connectivity index (χ1v) is 8.61. The highest BCUT2D eigenvalue weighted by Gasteiger charge is 2.24. The smallest absolute Gasteiger partial charge is 0.326 e. The molecule has 0 aliphatic rings. The minimum Gasteiger partial charge on any atom is -0.480 e. The molecule has 0 saturated carbocycles. The van der Waals surface area contributed by atoms with E-state index in [1.807, 2.05) is 36.4 Å². The summed E-state index contributed by atoms with van der Waals surface area (Å²) in [5.41, 5.74) is 1.73. The van der Waals surface area contributed by atoms with Gasteiger partial charge in [0.15, 0.2) is 0 Å². The molecule has 142 valence electrons. The largest absolute Gasteiger partial charge is 0.480 e. The standard InChI is InChI=1S/C20H23N3O4/c1-14(22-20(27)21-13-16-10-6-3-7-11-16)18(24)23-17(19(25)26)12-15-8-4-2-5-9-15/h2-11,14,17H,12-13H2,1H3,(H,23,24)(H,25,26)(H2,21,22,27)/t14-,17-/m0/s1. The van der Waals surface area contributed by atoms with E-state index in [4.69, 9.17) is 0 Å². The van der Waals surface area contributed by atoms with Gasteiger partial charge in [-0.15, -0.1) is 0 Å². The van der Waals surface area contributed by atoms with Crippen LogP contribution in [-0.2, 0) is 22.6 Å². The van der Waals surface area contributed by atoms with Crippen LogP contribution >= 0.6 is 0 Å². The van der Waals surface area contributed by atoms with Crippen molar-refractivity contribution in [1.82, 2.24) is 16.0 Å². The molecule has 0 saturated heterocycles. The number of hydrogen-bond acceptors (Lipinski definition) is 3. The summed E-state index contributed by atoms with van der Waals surface area (Å²) in [4.78, 5) is 35.6. The molecule has 2 aromatic rings. The highest BCUT2D eigenvalue weighted by Crippen LogP contribution is 2.04. The van der Waals surface area contributed by atoms with E-state index >= 15 is 0 Å². The maximum atomic E-state index is 12.2. The fourth-order valence-corrected chi connectivity index (χ4v) is 2.44. The lowest BCUT2D eigenvalue weighted by atomic mass is 10.1. The summed E-state index contributed by atoms with van der Waals surface area (Å²) in [6.07, 6.45) is 0.162. The molecule has 2 atom stereocenters. The third kappa shape index (κ3) is 6.81. The van der Waals surface area contributed by atoms with Gasteiger partial charge in [0, 0.05) is 13.0 Å². The van der Waals surface area contributed by atoms with Crippen molar-refractivity contribution in [1.29, 1.82) is 0 Å². The van der Waals surface area contributed by atoms with Crippen molar-refractivity contribution >= 4 is 17.9 Å². The Morgan fingerprint density at radius 3 is 2.00 bits per heavy atom. The van der Waals surface area contributed by atoms with Crippen molar-refractivity contribution in [3.63, 3.8) is 0 Å². The molecule has 0 aliphatic carbocycles. The molecule has 0 bridgehead atoms. The predicted octanol–water partition coefficient (Wildman–Crippen LogP) is 1.69. The van der Waals surface area contributed by atoms with Gasteiger partial charge in [0.25, 0.3) is 0 Å². The second-order valence-corrected chi connectivity index (χ2v) is 6.12. The van der Waals surface area contributed by atoms with Gasteiger partial charge < -0.3 is 21.1 Å². The Labute approximate surface area is 157 Å². The monoisotopic (exact) mass is 369 g/mol. The number of aliphatic carboxylic acids is 1. The summed E-state index contributed by atoms with van der Waals surface area (Å²) < 4.78 is 0. The first-order chi connectivity index (χ1) is 13.0. The number of hydrogen-bond donors (Lipinski definition) is 4. The number of urea groups is 1. The second kappa shape index (κ2) is 9.96. The lowest BCUT2D eigenvalue weighted by molar-refractivity contribution is -0.142. The van der Waals surface area contributed by atoms with Gasteiger partial charge in [-0.2, -0.15) is 0 Å². The van der Waals surface area contributed by atoms with Gasteiger partial charge in [-0.25, -0.2) is 9.59 Å². The van der Waals surface area contributed by atoms with E-state index in [9.17, 15) is 19.5 Å². The zero-order valence-corrected chi connectivity index (χ0v) is 15.0. The average molecular weight is 369 g/mol. The average Bonchev–Trinajstić information content (AvgIpc) is 2.67. The Morgan fingerprint density at radius 2 is 1.44 bits per heavy atom. The van der Waals surface area contributed by atoms with E-state index in [-0.39, 0.29) is 6.42 Å². The van der Waals surface area contributed by atoms with Gasteiger partial charge in [-0.05, 0) is 18.1 Å². The summed E-state index contributed by atoms with van der Waals surface area (Å²) in [5, 5.41) is 17.0. The Bertz CT molecular complexity index is 765. The highest BCUT2D eigenvalue weighted by atomic mass is 16.4. The fraction of sp³-hybridized carbons (Fsp3) is 0.250. The summed E-state index contributed by atoms with van der Waals surface area (Å²) in [6, 6.07) is 15.9. The second-order valence-electron chi connectivity index (χ2n) is 6.12. The minimum atomic E-state index is -1.13. The first kappa shape index (κ1) is 20.0. The van der Waals surface area contributed by atoms with E-state index < -0.39 is 30.0 Å². The van der Waals surface area contributed by atoms with Gasteiger partial charge in [0.1, 0.15) is 12.1 Å². The van der Waals surface area contributed by atoms with E-state index in [1.54, 1.807) is 24.3 Å². The van der Waals surface area contributed by atoms with E-state index in [2.05, 4.69) is 16.0 Å². The Hall–Kier alpha value is -3.35. The molecular formula is C20H23N3O4. The molecule has 7 nitrogen and oxygen atoms in total. The van der Waals surface area contributed by atoms with Crippen LogP contribution in [0.5, 0.6) is 0 Å². The highest BCUT2D eigenvalue weighted by molar-refractivity contribution is 5.89. The molecule has 27 heavy (non-hydrogen) atoms. The maximum absolute atomic E-state index is 12.2. The van der Waals surface area contributed by atoms with Crippen molar-refractivity contribution in [3.8, 4) is 0 Å². The minimum absolute atomic E-state index is 0.162. The SMILES string of the molecule is C[C@H](NC(=O)NCc1ccccc1)C(=O)N[C@@H](Cc1ccccc1)C(=O)O. The third-order valence-electron chi connectivity index (χ3n) is 3.93. The van der Waals surface area contributed by atoms with Crippen molar-refractivity contribution in [2.75, 3.05) is 0 Å². The lowest BCUT2D eigenvalue weighted by Crippen LogP contribution is -2.52. The number of carbonyl (C=O) groups is 3. The molecular weight excluding hydrogens is 346 g/mol. The Morgan fingerprint density at radius 1 is 0.889 bits per heavy atom. The maximum Gasteiger partial charge on any atom is 0.326 e. The Balaban J connectivity index is 1.83. The third-order valence-corrected chi connectivity index (χ3v) is 3.93. The number of amides is 3. The molecule has 0 aromatic heterocycles. The predicted molar refractivity (Wildman–Crippen MR) is 101 cm³/mol. The van der Waals surface area contributed by atoms with Crippen LogP contribution in [0.25, 0.3) is 0 Å². The van der Waals surface area contributed by atoms with Crippen molar-refractivity contribution in [3.05, 3.63) is 71.8 Å². The summed E-state index contributed by atoms with van der Waals surface area (Å²) >= 11 is 0. The van der Waals surface area contributed by atoms with Crippen LogP contribution in [0.2, 0.25) is 0 Å². The van der Waals surface area contributed by atoms with Gasteiger partial charge in [0.05, 0.1) is 0 Å². The van der Waals surface area contributed by atoms with E-state index in [1.165, 1.54) is 6.92 Å². The van der Waals surface area contributed by atoms with Gasteiger partial charge in [-0.3, -0.25) is 4.79 Å². The van der Waals surface area contributed by atoms with Crippen LogP contribution in [0.1, 0.15) is 18.1 Å². The van der Waals surface area contributed by atoms with E-state index in [0.29, 0.717) is 6.54 Å². The molecule has 7 heteroatoms. The van der Waals surface area contributed by atoms with Crippen LogP contribution in [0.4, 0.5) is 4.79 Å². The topological polar surface area (TPSA) is 108 Å². The molecule has 0 aliphatic heterocycles.